The maximum Gasteiger partial charge on any atom is 0.271 e. The molecule has 0 heterocycles. The highest BCUT2D eigenvalue weighted by Gasteiger charge is 2.10. The highest BCUT2D eigenvalue weighted by atomic mass is 16.6. The largest absolute Gasteiger partial charge is 0.395 e. The normalized spacial score (nSPS) is 11.2. The van der Waals surface area contributed by atoms with Gasteiger partial charge < -0.3 is 10.6 Å². The molecule has 0 bridgehead atoms. The van der Waals surface area contributed by atoms with Crippen molar-refractivity contribution in [1.29, 1.82) is 0 Å². The smallest absolute Gasteiger partial charge is 0.271 e. The van der Waals surface area contributed by atoms with E-state index in [4.69, 9.17) is 10.6 Å². The van der Waals surface area contributed by atoms with Crippen LogP contribution >= 0.6 is 0 Å². The quantitative estimate of drug-likeness (QED) is 0.450. The van der Waals surface area contributed by atoms with Gasteiger partial charge in [-0.25, -0.2) is 0 Å². The summed E-state index contributed by atoms with van der Waals surface area (Å²) in [5, 5.41) is 3.77. The van der Waals surface area contributed by atoms with Crippen molar-refractivity contribution in [3.8, 4) is 0 Å². The minimum Gasteiger partial charge on any atom is -0.395 e. The Hall–Kier alpha value is -1.84. The number of hydrogen-bond acceptors (Lipinski definition) is 3. The summed E-state index contributed by atoms with van der Waals surface area (Å²) in [4.78, 5) is 16.2. The van der Waals surface area contributed by atoms with Crippen molar-refractivity contribution in [2.75, 3.05) is 6.61 Å². The van der Waals surface area contributed by atoms with Gasteiger partial charge in [0.15, 0.2) is 5.71 Å². The van der Waals surface area contributed by atoms with Crippen LogP contribution in [0.2, 0.25) is 0 Å². The summed E-state index contributed by atoms with van der Waals surface area (Å²) in [6.45, 7) is 2.55. The molecule has 0 aliphatic heterocycles. The average Bonchev–Trinajstić information content (AvgIpc) is 2.30. The molecular weight excluding hydrogens is 204 g/mol. The molecule has 0 unspecified atom stereocenters. The van der Waals surface area contributed by atoms with E-state index in [9.17, 15) is 4.79 Å². The van der Waals surface area contributed by atoms with Crippen LogP contribution in [0.15, 0.2) is 35.5 Å². The molecule has 0 saturated heterocycles. The Morgan fingerprint density at radius 3 is 2.62 bits per heavy atom. The molecule has 0 radical (unpaired) electrons. The minimum atomic E-state index is -0.581. The van der Waals surface area contributed by atoms with Crippen LogP contribution in [0.1, 0.15) is 25.3 Å². The second-order valence-corrected chi connectivity index (χ2v) is 3.36. The van der Waals surface area contributed by atoms with Gasteiger partial charge in [-0.2, -0.15) is 0 Å². The Morgan fingerprint density at radius 2 is 2.06 bits per heavy atom. The zero-order valence-corrected chi connectivity index (χ0v) is 9.35. The van der Waals surface area contributed by atoms with Crippen molar-refractivity contribution in [2.45, 2.75) is 19.8 Å². The van der Waals surface area contributed by atoms with Gasteiger partial charge in [-0.3, -0.25) is 4.79 Å². The Morgan fingerprint density at radius 1 is 1.38 bits per heavy atom. The van der Waals surface area contributed by atoms with Crippen LogP contribution in [0, 0.1) is 0 Å². The molecule has 1 aromatic carbocycles. The number of amides is 1. The summed E-state index contributed by atoms with van der Waals surface area (Å²) in [5.41, 5.74) is 6.07. The van der Waals surface area contributed by atoms with Gasteiger partial charge in [0.2, 0.25) is 0 Å². The van der Waals surface area contributed by atoms with Crippen LogP contribution in [-0.2, 0) is 9.63 Å². The first kappa shape index (κ1) is 12.2. The van der Waals surface area contributed by atoms with E-state index in [1.165, 1.54) is 0 Å². The molecule has 0 aromatic heterocycles. The fourth-order valence-electron chi connectivity index (χ4n) is 1.16. The van der Waals surface area contributed by atoms with Gasteiger partial charge in [-0.05, 0) is 6.42 Å². The van der Waals surface area contributed by atoms with Crippen LogP contribution in [0.3, 0.4) is 0 Å². The molecule has 86 valence electrons. The molecule has 2 N–H and O–H groups in total. The third kappa shape index (κ3) is 3.73. The van der Waals surface area contributed by atoms with Gasteiger partial charge in [-0.1, -0.05) is 48.8 Å². The van der Waals surface area contributed by atoms with Crippen LogP contribution in [-0.4, -0.2) is 18.2 Å². The monoisotopic (exact) mass is 220 g/mol. The van der Waals surface area contributed by atoms with Gasteiger partial charge in [0.25, 0.3) is 5.91 Å². The molecule has 0 spiro atoms. The Balaban J connectivity index is 2.72. The number of unbranched alkanes of at least 4 members (excludes halogenated alkanes) is 1. The standard InChI is InChI=1S/C12H16N2O2/c1-2-3-9-16-14-11(12(13)15)10-7-5-4-6-8-10/h4-8H,2-3,9H2,1H3,(H2,13,15). The van der Waals surface area contributed by atoms with Crippen molar-refractivity contribution in [1.82, 2.24) is 0 Å². The van der Waals surface area contributed by atoms with Crippen molar-refractivity contribution in [2.24, 2.45) is 10.9 Å². The summed E-state index contributed by atoms with van der Waals surface area (Å²) in [7, 11) is 0. The molecule has 0 saturated carbocycles. The maximum atomic E-state index is 11.2. The molecule has 0 aliphatic carbocycles. The van der Waals surface area contributed by atoms with E-state index in [0.717, 1.165) is 12.8 Å². The molecule has 1 rings (SSSR count). The van der Waals surface area contributed by atoms with Gasteiger partial charge >= 0.3 is 0 Å². The number of oxime groups is 1. The second-order valence-electron chi connectivity index (χ2n) is 3.36. The number of nitrogens with zero attached hydrogens (tertiary/aromatic N) is 1. The maximum absolute atomic E-state index is 11.2. The van der Waals surface area contributed by atoms with Crippen LogP contribution in [0.5, 0.6) is 0 Å². The number of hydrogen-bond donors (Lipinski definition) is 1. The lowest BCUT2D eigenvalue weighted by Gasteiger charge is -2.02. The summed E-state index contributed by atoms with van der Waals surface area (Å²) in [6, 6.07) is 9.04. The Bertz CT molecular complexity index is 361. The SMILES string of the molecule is CCCCON=C(C(N)=O)c1ccccc1. The fourth-order valence-corrected chi connectivity index (χ4v) is 1.16. The lowest BCUT2D eigenvalue weighted by Crippen LogP contribution is -2.24. The molecule has 1 amide bonds. The molecule has 4 heteroatoms. The van der Waals surface area contributed by atoms with Gasteiger partial charge in [-0.15, -0.1) is 0 Å². The number of carbonyl (C=O) groups excluding carboxylic acids is 1. The first-order valence-electron chi connectivity index (χ1n) is 5.31. The third-order valence-corrected chi connectivity index (χ3v) is 2.03. The number of benzene rings is 1. The highest BCUT2D eigenvalue weighted by Crippen LogP contribution is 2.02. The average molecular weight is 220 g/mol. The van der Waals surface area contributed by atoms with E-state index in [1.54, 1.807) is 12.1 Å². The highest BCUT2D eigenvalue weighted by molar-refractivity contribution is 6.44. The molecule has 4 nitrogen and oxygen atoms in total. The Kier molecular flexibility index (Phi) is 5.05. The first-order valence-corrected chi connectivity index (χ1v) is 5.31. The van der Waals surface area contributed by atoms with Gasteiger partial charge in [0, 0.05) is 5.56 Å². The van der Waals surface area contributed by atoms with E-state index in [0.29, 0.717) is 12.2 Å². The lowest BCUT2D eigenvalue weighted by atomic mass is 10.1. The number of primary amides is 1. The third-order valence-electron chi connectivity index (χ3n) is 2.03. The van der Waals surface area contributed by atoms with Crippen molar-refractivity contribution in [3.05, 3.63) is 35.9 Å². The zero-order chi connectivity index (χ0) is 11.8. The fraction of sp³-hybridized carbons (Fsp3) is 0.333. The summed E-state index contributed by atoms with van der Waals surface area (Å²) in [5.74, 6) is -0.581. The molecule has 0 fully saturated rings. The number of carbonyl (C=O) groups is 1. The first-order chi connectivity index (χ1) is 7.75. The van der Waals surface area contributed by atoms with E-state index >= 15 is 0 Å². The number of nitrogens with two attached hydrogens (primary N) is 1. The van der Waals surface area contributed by atoms with Crippen LogP contribution in [0.4, 0.5) is 0 Å². The zero-order valence-electron chi connectivity index (χ0n) is 9.35. The summed E-state index contributed by atoms with van der Waals surface area (Å²) < 4.78 is 0. The molecule has 0 atom stereocenters. The summed E-state index contributed by atoms with van der Waals surface area (Å²) >= 11 is 0. The van der Waals surface area contributed by atoms with E-state index in [-0.39, 0.29) is 5.71 Å². The second kappa shape index (κ2) is 6.61. The summed E-state index contributed by atoms with van der Waals surface area (Å²) in [6.07, 6.45) is 1.93. The number of rotatable bonds is 6. The van der Waals surface area contributed by atoms with Gasteiger partial charge in [0.05, 0.1) is 0 Å². The van der Waals surface area contributed by atoms with E-state index < -0.39 is 5.91 Å². The van der Waals surface area contributed by atoms with Crippen molar-refractivity contribution in [3.63, 3.8) is 0 Å². The molecule has 0 aliphatic rings. The molecule has 16 heavy (non-hydrogen) atoms. The van der Waals surface area contributed by atoms with Crippen LogP contribution < -0.4 is 5.73 Å². The van der Waals surface area contributed by atoms with Crippen LogP contribution in [0.25, 0.3) is 0 Å². The van der Waals surface area contributed by atoms with Crippen molar-refractivity contribution < 1.29 is 9.63 Å². The molecular formula is C12H16N2O2. The van der Waals surface area contributed by atoms with E-state index in [2.05, 4.69) is 12.1 Å². The van der Waals surface area contributed by atoms with E-state index in [1.807, 2.05) is 18.2 Å². The molecule has 1 aromatic rings. The van der Waals surface area contributed by atoms with Gasteiger partial charge in [0.1, 0.15) is 6.61 Å². The predicted octanol–water partition coefficient (Wildman–Crippen LogP) is 1.69. The Labute approximate surface area is 95.1 Å². The minimum absolute atomic E-state index is 0.164. The lowest BCUT2D eigenvalue weighted by molar-refractivity contribution is -0.112. The predicted molar refractivity (Wildman–Crippen MR) is 63.0 cm³/mol. The van der Waals surface area contributed by atoms with Crippen molar-refractivity contribution >= 4 is 11.6 Å². The topological polar surface area (TPSA) is 64.7 Å².